The van der Waals surface area contributed by atoms with Crippen LogP contribution in [-0.2, 0) is 4.79 Å². The molecule has 1 aliphatic rings. The third-order valence-corrected chi connectivity index (χ3v) is 6.36. The summed E-state index contributed by atoms with van der Waals surface area (Å²) in [5.41, 5.74) is 2.61. The van der Waals surface area contributed by atoms with Gasteiger partial charge in [0.2, 0.25) is 5.91 Å². The summed E-state index contributed by atoms with van der Waals surface area (Å²) < 4.78 is 27.7. The molecule has 2 N–H and O–H groups in total. The van der Waals surface area contributed by atoms with Gasteiger partial charge in [-0.3, -0.25) is 19.3 Å². The molecule has 3 aromatic carbocycles. The number of hydrogen-bond donors (Lipinski definition) is 2. The maximum absolute atomic E-state index is 14.1. The number of nitrogens with zero attached hydrogens (tertiary/aromatic N) is 2. The lowest BCUT2D eigenvalue weighted by atomic mass is 9.98. The maximum atomic E-state index is 14.1. The Balaban J connectivity index is 1.82. The molecule has 1 heterocycles. The zero-order valence-electron chi connectivity index (χ0n) is 20.8. The van der Waals surface area contributed by atoms with Crippen molar-refractivity contribution in [3.05, 3.63) is 94.6 Å². The van der Waals surface area contributed by atoms with E-state index in [2.05, 4.69) is 10.6 Å². The normalized spacial score (nSPS) is 15.0. The lowest BCUT2D eigenvalue weighted by Crippen LogP contribution is -2.35. The molecular weight excluding hydrogens is 478 g/mol. The number of nitrogens with one attached hydrogen (secondary N) is 2. The zero-order chi connectivity index (χ0) is 26.7. The molecule has 1 unspecified atom stereocenters. The van der Waals surface area contributed by atoms with Crippen LogP contribution in [0.3, 0.4) is 0 Å². The van der Waals surface area contributed by atoms with Gasteiger partial charge in [-0.1, -0.05) is 29.8 Å². The molecule has 3 aromatic rings. The second-order valence-corrected chi connectivity index (χ2v) is 9.05. The molecule has 37 heavy (non-hydrogen) atoms. The Hall–Kier alpha value is -4.11. The molecule has 0 saturated heterocycles. The topological polar surface area (TPSA) is 81.8 Å². The van der Waals surface area contributed by atoms with Crippen LogP contribution in [0.25, 0.3) is 0 Å². The quantitative estimate of drug-likeness (QED) is 0.523. The Bertz CT molecular complexity index is 1340. The summed E-state index contributed by atoms with van der Waals surface area (Å²) in [7, 11) is 3.47. The van der Waals surface area contributed by atoms with E-state index in [1.165, 1.54) is 17.0 Å². The number of carbonyl (C=O) groups excluding carboxylic acids is 3. The number of benzene rings is 3. The Kier molecular flexibility index (Phi) is 7.63. The molecule has 9 heteroatoms. The van der Waals surface area contributed by atoms with Gasteiger partial charge in [-0.05, 0) is 55.9 Å². The third-order valence-electron chi connectivity index (χ3n) is 6.36. The van der Waals surface area contributed by atoms with E-state index in [1.54, 1.807) is 31.1 Å². The minimum absolute atomic E-state index is 0.0664. The molecule has 1 aliphatic heterocycles. The number of halogens is 2. The molecule has 3 amide bonds. The van der Waals surface area contributed by atoms with Crippen molar-refractivity contribution in [3.63, 3.8) is 0 Å². The summed E-state index contributed by atoms with van der Waals surface area (Å²) in [4.78, 5) is 42.7. The zero-order valence-corrected chi connectivity index (χ0v) is 20.8. The number of amides is 3. The number of hydrogen-bond acceptors (Lipinski definition) is 4. The van der Waals surface area contributed by atoms with Crippen molar-refractivity contribution in [1.82, 2.24) is 10.2 Å². The van der Waals surface area contributed by atoms with Crippen LogP contribution in [0.15, 0.2) is 60.7 Å². The highest BCUT2D eigenvalue weighted by Crippen LogP contribution is 2.40. The van der Waals surface area contributed by atoms with Crippen LogP contribution in [0.4, 0.5) is 20.2 Å². The summed E-state index contributed by atoms with van der Waals surface area (Å²) in [6.45, 7) is 3.02. The molecule has 0 radical (unpaired) electrons. The maximum Gasteiger partial charge on any atom is 0.259 e. The van der Waals surface area contributed by atoms with Crippen molar-refractivity contribution in [2.24, 2.45) is 0 Å². The number of carbonyl (C=O) groups is 3. The average Bonchev–Trinajstić information content (AvgIpc) is 3.03. The molecular formula is C28H28F2N4O3. The molecule has 7 nitrogen and oxygen atoms in total. The van der Waals surface area contributed by atoms with Gasteiger partial charge < -0.3 is 15.5 Å². The highest BCUT2D eigenvalue weighted by Gasteiger charge is 2.35. The van der Waals surface area contributed by atoms with Crippen molar-refractivity contribution >= 4 is 29.1 Å². The van der Waals surface area contributed by atoms with Gasteiger partial charge >= 0.3 is 0 Å². The fraction of sp³-hybridized carbons (Fsp3) is 0.250. The van der Waals surface area contributed by atoms with E-state index in [0.717, 1.165) is 17.7 Å². The van der Waals surface area contributed by atoms with Crippen molar-refractivity contribution < 1.29 is 23.2 Å². The molecule has 0 bridgehead atoms. The van der Waals surface area contributed by atoms with Crippen LogP contribution in [0.1, 0.15) is 44.3 Å². The monoisotopic (exact) mass is 506 g/mol. The van der Waals surface area contributed by atoms with E-state index in [-0.39, 0.29) is 29.5 Å². The molecule has 0 fully saturated rings. The number of anilines is 2. The SMILES string of the molecule is CNCCN(C)C(=O)c1ccc2c(c1)NC(=O)CC(c1ccc(C)cc1)N2C(=O)c1ccc(F)c(F)c1. The third kappa shape index (κ3) is 5.51. The Morgan fingerprint density at radius 1 is 1.03 bits per heavy atom. The number of likely N-dealkylation sites (N-methyl/N-ethyl adjacent to an activating group) is 2. The van der Waals surface area contributed by atoms with Gasteiger partial charge in [-0.15, -0.1) is 0 Å². The lowest BCUT2D eigenvalue weighted by Gasteiger charge is -2.31. The largest absolute Gasteiger partial charge is 0.340 e. The van der Waals surface area contributed by atoms with E-state index in [9.17, 15) is 23.2 Å². The van der Waals surface area contributed by atoms with Crippen LogP contribution in [0.5, 0.6) is 0 Å². The van der Waals surface area contributed by atoms with Gasteiger partial charge in [0.25, 0.3) is 11.8 Å². The number of aryl methyl sites for hydroxylation is 1. The standard InChI is InChI=1S/C28H28F2N4O3/c1-17-4-6-18(7-5-17)25-16-26(35)32-23-15-20(27(36)33(3)13-12-31-2)9-11-24(23)34(25)28(37)19-8-10-21(29)22(30)14-19/h4-11,14-15,25,31H,12-13,16H2,1-3H3,(H,32,35). The lowest BCUT2D eigenvalue weighted by molar-refractivity contribution is -0.116. The van der Waals surface area contributed by atoms with Crippen molar-refractivity contribution in [2.45, 2.75) is 19.4 Å². The minimum Gasteiger partial charge on any atom is -0.340 e. The van der Waals surface area contributed by atoms with E-state index in [1.807, 2.05) is 31.2 Å². The van der Waals surface area contributed by atoms with Crippen molar-refractivity contribution in [2.75, 3.05) is 37.4 Å². The van der Waals surface area contributed by atoms with Gasteiger partial charge in [0, 0.05) is 31.3 Å². The molecule has 0 aliphatic carbocycles. The van der Waals surface area contributed by atoms with E-state index in [4.69, 9.17) is 0 Å². The highest BCUT2D eigenvalue weighted by atomic mass is 19.2. The molecule has 192 valence electrons. The summed E-state index contributed by atoms with van der Waals surface area (Å²) in [6.07, 6.45) is -0.0709. The molecule has 4 rings (SSSR count). The smallest absolute Gasteiger partial charge is 0.259 e. The van der Waals surface area contributed by atoms with Crippen LogP contribution in [0.2, 0.25) is 0 Å². The van der Waals surface area contributed by atoms with E-state index in [0.29, 0.717) is 29.9 Å². The first-order valence-corrected chi connectivity index (χ1v) is 11.9. The minimum atomic E-state index is -1.15. The van der Waals surface area contributed by atoms with E-state index >= 15 is 0 Å². The summed E-state index contributed by atoms with van der Waals surface area (Å²) in [5, 5.41) is 5.81. The van der Waals surface area contributed by atoms with Gasteiger partial charge in [-0.2, -0.15) is 0 Å². The van der Waals surface area contributed by atoms with Crippen LogP contribution >= 0.6 is 0 Å². The summed E-state index contributed by atoms with van der Waals surface area (Å²) in [6, 6.07) is 14.4. The molecule has 0 saturated carbocycles. The van der Waals surface area contributed by atoms with Crippen LogP contribution in [-0.4, -0.2) is 49.8 Å². The van der Waals surface area contributed by atoms with Gasteiger partial charge in [0.1, 0.15) is 0 Å². The Morgan fingerprint density at radius 3 is 2.41 bits per heavy atom. The fourth-order valence-corrected chi connectivity index (χ4v) is 4.29. The van der Waals surface area contributed by atoms with E-state index < -0.39 is 23.6 Å². The van der Waals surface area contributed by atoms with Gasteiger partial charge in [0.15, 0.2) is 11.6 Å². The van der Waals surface area contributed by atoms with Crippen molar-refractivity contribution in [1.29, 1.82) is 0 Å². The van der Waals surface area contributed by atoms with Gasteiger partial charge in [-0.25, -0.2) is 8.78 Å². The average molecular weight is 507 g/mol. The first kappa shape index (κ1) is 26.0. The Labute approximate surface area is 214 Å². The summed E-state index contributed by atoms with van der Waals surface area (Å²) in [5.74, 6) is -3.41. The molecule has 0 spiro atoms. The molecule has 0 aromatic heterocycles. The predicted molar refractivity (Wildman–Crippen MR) is 138 cm³/mol. The number of fused-ring (bicyclic) bond motifs is 1. The first-order chi connectivity index (χ1) is 17.7. The fourth-order valence-electron chi connectivity index (χ4n) is 4.29. The van der Waals surface area contributed by atoms with Crippen LogP contribution in [0, 0.1) is 18.6 Å². The highest BCUT2D eigenvalue weighted by molar-refractivity contribution is 6.12. The Morgan fingerprint density at radius 2 is 1.73 bits per heavy atom. The summed E-state index contributed by atoms with van der Waals surface area (Å²) >= 11 is 0. The molecule has 1 atom stereocenters. The van der Waals surface area contributed by atoms with Crippen molar-refractivity contribution in [3.8, 4) is 0 Å². The van der Waals surface area contributed by atoms with Crippen LogP contribution < -0.4 is 15.5 Å². The van der Waals surface area contributed by atoms with Gasteiger partial charge in [0.05, 0.1) is 23.8 Å². The number of rotatable bonds is 6. The predicted octanol–water partition coefficient (Wildman–Crippen LogP) is 4.29. The second kappa shape index (κ2) is 10.9. The first-order valence-electron chi connectivity index (χ1n) is 11.9. The second-order valence-electron chi connectivity index (χ2n) is 9.05.